The van der Waals surface area contributed by atoms with Crippen molar-refractivity contribution in [1.29, 1.82) is 0 Å². The molecule has 0 saturated heterocycles. The fourth-order valence-corrected chi connectivity index (χ4v) is 3.50. The second-order valence-corrected chi connectivity index (χ2v) is 5.60. The first-order valence-electron chi connectivity index (χ1n) is 7.19. The van der Waals surface area contributed by atoms with Crippen LogP contribution in [0.1, 0.15) is 29.7 Å². The second kappa shape index (κ2) is 4.33. The molecule has 4 rings (SSSR count). The van der Waals surface area contributed by atoms with Crippen molar-refractivity contribution >= 4 is 21.8 Å². The molecule has 0 saturated carbocycles. The highest BCUT2D eigenvalue weighted by atomic mass is 16.3. The minimum Gasteiger partial charge on any atom is -0.392 e. The molecule has 3 aromatic rings. The fourth-order valence-electron chi connectivity index (χ4n) is 3.50. The van der Waals surface area contributed by atoms with Gasteiger partial charge in [0.25, 0.3) is 0 Å². The molecule has 2 aromatic carbocycles. The van der Waals surface area contributed by atoms with Crippen LogP contribution in [0, 0.1) is 0 Å². The summed E-state index contributed by atoms with van der Waals surface area (Å²) in [4.78, 5) is 3.48. The number of hydrogen-bond donors (Lipinski definition) is 3. The Morgan fingerprint density at radius 2 is 2.10 bits per heavy atom. The van der Waals surface area contributed by atoms with Crippen LogP contribution in [0.3, 0.4) is 0 Å². The monoisotopic (exact) mass is 266 g/mol. The third kappa shape index (κ3) is 1.54. The highest BCUT2D eigenvalue weighted by Crippen LogP contribution is 2.35. The molecule has 20 heavy (non-hydrogen) atoms. The molecule has 0 amide bonds. The van der Waals surface area contributed by atoms with Crippen molar-refractivity contribution in [1.82, 2.24) is 10.3 Å². The standard InChI is InChI=1S/C17H18N2O/c1-10-13-8-14-12-4-2-3-5-16(12)19-17(14)15(9-20)11(13)6-7-18-10/h2-5,8,10,18-20H,6-7,9H2,1H3/t10-/m1/s1. The van der Waals surface area contributed by atoms with Crippen LogP contribution in [-0.2, 0) is 13.0 Å². The van der Waals surface area contributed by atoms with Crippen molar-refractivity contribution < 1.29 is 5.11 Å². The van der Waals surface area contributed by atoms with Gasteiger partial charge in [-0.15, -0.1) is 0 Å². The zero-order valence-electron chi connectivity index (χ0n) is 11.5. The number of aromatic nitrogens is 1. The summed E-state index contributed by atoms with van der Waals surface area (Å²) in [5.41, 5.74) is 5.96. The van der Waals surface area contributed by atoms with Crippen LogP contribution in [0.2, 0.25) is 0 Å². The average molecular weight is 266 g/mol. The third-order valence-electron chi connectivity index (χ3n) is 4.51. The summed E-state index contributed by atoms with van der Waals surface area (Å²) in [6.07, 6.45) is 0.987. The molecule has 2 heterocycles. The Balaban J connectivity index is 2.16. The molecular weight excluding hydrogens is 248 g/mol. The van der Waals surface area contributed by atoms with Gasteiger partial charge in [-0.05, 0) is 43.1 Å². The summed E-state index contributed by atoms with van der Waals surface area (Å²) in [5.74, 6) is 0. The van der Waals surface area contributed by atoms with E-state index in [1.165, 1.54) is 21.9 Å². The van der Waals surface area contributed by atoms with E-state index in [2.05, 4.69) is 41.5 Å². The van der Waals surface area contributed by atoms with Crippen molar-refractivity contribution in [2.45, 2.75) is 26.0 Å². The lowest BCUT2D eigenvalue weighted by molar-refractivity contribution is 0.281. The number of aromatic amines is 1. The zero-order chi connectivity index (χ0) is 13.7. The second-order valence-electron chi connectivity index (χ2n) is 5.60. The van der Waals surface area contributed by atoms with Gasteiger partial charge < -0.3 is 15.4 Å². The fraction of sp³-hybridized carbons (Fsp3) is 0.294. The molecule has 0 unspecified atom stereocenters. The van der Waals surface area contributed by atoms with E-state index in [9.17, 15) is 5.11 Å². The highest BCUT2D eigenvalue weighted by Gasteiger charge is 2.22. The predicted octanol–water partition coefficient (Wildman–Crippen LogP) is 3.02. The van der Waals surface area contributed by atoms with Crippen molar-refractivity contribution in [2.24, 2.45) is 0 Å². The quantitative estimate of drug-likeness (QED) is 0.634. The number of hydrogen-bond acceptors (Lipinski definition) is 2. The van der Waals surface area contributed by atoms with Gasteiger partial charge in [0, 0.05) is 27.9 Å². The van der Waals surface area contributed by atoms with Gasteiger partial charge >= 0.3 is 0 Å². The van der Waals surface area contributed by atoms with E-state index < -0.39 is 0 Å². The predicted molar refractivity (Wildman–Crippen MR) is 81.8 cm³/mol. The average Bonchev–Trinajstić information content (AvgIpc) is 2.84. The number of para-hydroxylation sites is 1. The highest BCUT2D eigenvalue weighted by molar-refractivity contribution is 6.08. The molecule has 1 atom stereocenters. The van der Waals surface area contributed by atoms with E-state index in [0.29, 0.717) is 6.04 Å². The van der Waals surface area contributed by atoms with E-state index >= 15 is 0 Å². The summed E-state index contributed by atoms with van der Waals surface area (Å²) in [6.45, 7) is 3.27. The molecule has 0 spiro atoms. The smallest absolute Gasteiger partial charge is 0.0705 e. The summed E-state index contributed by atoms with van der Waals surface area (Å²) >= 11 is 0. The SMILES string of the molecule is C[C@H]1NCCc2c1cc1c([nH]c3ccccc31)c2CO. The van der Waals surface area contributed by atoms with E-state index in [-0.39, 0.29) is 6.61 Å². The first kappa shape index (κ1) is 11.9. The van der Waals surface area contributed by atoms with Gasteiger partial charge in [-0.2, -0.15) is 0 Å². The third-order valence-corrected chi connectivity index (χ3v) is 4.51. The lowest BCUT2D eigenvalue weighted by Crippen LogP contribution is -2.28. The molecule has 1 aromatic heterocycles. The number of aliphatic hydroxyl groups excluding tert-OH is 1. The normalized spacial score (nSPS) is 18.6. The van der Waals surface area contributed by atoms with E-state index in [4.69, 9.17) is 0 Å². The zero-order valence-corrected chi connectivity index (χ0v) is 11.5. The van der Waals surface area contributed by atoms with Crippen molar-refractivity contribution in [3.05, 3.63) is 47.0 Å². The molecule has 3 heteroatoms. The Labute approximate surface area is 117 Å². The maximum Gasteiger partial charge on any atom is 0.0705 e. The Morgan fingerprint density at radius 3 is 2.95 bits per heavy atom. The minimum absolute atomic E-state index is 0.0964. The molecule has 0 fully saturated rings. The number of nitrogens with one attached hydrogen (secondary N) is 2. The van der Waals surface area contributed by atoms with Crippen LogP contribution < -0.4 is 5.32 Å². The summed E-state index contributed by atoms with van der Waals surface area (Å²) in [7, 11) is 0. The number of rotatable bonds is 1. The molecular formula is C17H18N2O. The van der Waals surface area contributed by atoms with Crippen LogP contribution in [0.25, 0.3) is 21.8 Å². The number of aliphatic hydroxyl groups is 1. The van der Waals surface area contributed by atoms with Crippen molar-refractivity contribution in [2.75, 3.05) is 6.54 Å². The topological polar surface area (TPSA) is 48.0 Å². The Kier molecular flexibility index (Phi) is 2.59. The minimum atomic E-state index is 0.0964. The number of fused-ring (bicyclic) bond motifs is 4. The maximum absolute atomic E-state index is 9.86. The van der Waals surface area contributed by atoms with E-state index in [1.807, 2.05) is 6.07 Å². The van der Waals surface area contributed by atoms with Crippen LogP contribution in [-0.4, -0.2) is 16.6 Å². The Morgan fingerprint density at radius 1 is 1.25 bits per heavy atom. The van der Waals surface area contributed by atoms with Gasteiger partial charge in [0.2, 0.25) is 0 Å². The van der Waals surface area contributed by atoms with Crippen molar-refractivity contribution in [3.63, 3.8) is 0 Å². The molecule has 0 radical (unpaired) electrons. The summed E-state index contributed by atoms with van der Waals surface area (Å²) < 4.78 is 0. The largest absolute Gasteiger partial charge is 0.392 e. The lowest BCUT2D eigenvalue weighted by atomic mass is 9.89. The van der Waals surface area contributed by atoms with Gasteiger partial charge in [-0.3, -0.25) is 0 Å². The van der Waals surface area contributed by atoms with Crippen LogP contribution >= 0.6 is 0 Å². The molecule has 3 N–H and O–H groups in total. The van der Waals surface area contributed by atoms with Gasteiger partial charge in [0.1, 0.15) is 0 Å². The molecule has 1 aliphatic rings. The summed E-state index contributed by atoms with van der Waals surface area (Å²) in [6, 6.07) is 11.0. The van der Waals surface area contributed by atoms with Crippen molar-refractivity contribution in [3.8, 4) is 0 Å². The van der Waals surface area contributed by atoms with Crippen LogP contribution in [0.15, 0.2) is 30.3 Å². The lowest BCUT2D eigenvalue weighted by Gasteiger charge is -2.26. The number of benzene rings is 2. The van der Waals surface area contributed by atoms with Crippen LogP contribution in [0.5, 0.6) is 0 Å². The first-order chi connectivity index (χ1) is 9.79. The molecule has 3 nitrogen and oxygen atoms in total. The Bertz CT molecular complexity index is 803. The first-order valence-corrected chi connectivity index (χ1v) is 7.19. The van der Waals surface area contributed by atoms with Gasteiger partial charge in [-0.25, -0.2) is 0 Å². The maximum atomic E-state index is 9.86. The molecule has 102 valence electrons. The van der Waals surface area contributed by atoms with E-state index in [1.54, 1.807) is 0 Å². The molecule has 1 aliphatic heterocycles. The molecule has 0 aliphatic carbocycles. The van der Waals surface area contributed by atoms with Gasteiger partial charge in [0.15, 0.2) is 0 Å². The molecule has 0 bridgehead atoms. The summed E-state index contributed by atoms with van der Waals surface area (Å²) in [5, 5.41) is 15.8. The van der Waals surface area contributed by atoms with Gasteiger partial charge in [0.05, 0.1) is 12.1 Å². The van der Waals surface area contributed by atoms with E-state index in [0.717, 1.165) is 29.6 Å². The van der Waals surface area contributed by atoms with Crippen LogP contribution in [0.4, 0.5) is 0 Å². The number of H-pyrrole nitrogens is 1. The Hall–Kier alpha value is -1.84. The van der Waals surface area contributed by atoms with Gasteiger partial charge in [-0.1, -0.05) is 18.2 Å².